The fraction of sp³-hybridized carbons (Fsp3) is 0.545. The molecule has 6 heteroatoms. The molecular formula is C11H17N5O. The monoisotopic (exact) mass is 235 g/mol. The maximum atomic E-state index is 7.79. The van der Waals surface area contributed by atoms with E-state index in [2.05, 4.69) is 14.9 Å². The van der Waals surface area contributed by atoms with Gasteiger partial charge in [0.15, 0.2) is 0 Å². The molecule has 3 N–H and O–H groups in total. The van der Waals surface area contributed by atoms with Crippen LogP contribution in [-0.4, -0.2) is 42.0 Å². The van der Waals surface area contributed by atoms with Crippen LogP contribution in [-0.2, 0) is 4.74 Å². The first kappa shape index (κ1) is 11.8. The lowest BCUT2D eigenvalue weighted by atomic mass is 10.1. The van der Waals surface area contributed by atoms with E-state index in [0.29, 0.717) is 36.1 Å². The number of nitrogens with two attached hydrogens (primary N) is 1. The summed E-state index contributed by atoms with van der Waals surface area (Å²) in [6.07, 6.45) is 0. The second-order valence-electron chi connectivity index (χ2n) is 4.08. The van der Waals surface area contributed by atoms with E-state index >= 15 is 0 Å². The number of aryl methyl sites for hydroxylation is 1. The second-order valence-corrected chi connectivity index (χ2v) is 4.08. The van der Waals surface area contributed by atoms with Crippen LogP contribution in [0.5, 0.6) is 0 Å². The van der Waals surface area contributed by atoms with Gasteiger partial charge in [0.2, 0.25) is 0 Å². The zero-order chi connectivity index (χ0) is 12.4. The number of nitrogen functional groups attached to an aromatic ring is 1. The van der Waals surface area contributed by atoms with Crippen molar-refractivity contribution in [1.82, 2.24) is 9.97 Å². The van der Waals surface area contributed by atoms with E-state index in [-0.39, 0.29) is 0 Å². The molecule has 1 aromatic heterocycles. The van der Waals surface area contributed by atoms with Gasteiger partial charge in [0.25, 0.3) is 0 Å². The van der Waals surface area contributed by atoms with E-state index in [4.69, 9.17) is 15.9 Å². The molecule has 1 aliphatic heterocycles. The van der Waals surface area contributed by atoms with E-state index in [0.717, 1.165) is 18.9 Å². The van der Waals surface area contributed by atoms with Crippen molar-refractivity contribution >= 4 is 17.3 Å². The smallest absolute Gasteiger partial charge is 0.143 e. The van der Waals surface area contributed by atoms with Gasteiger partial charge in [0.1, 0.15) is 17.5 Å². The van der Waals surface area contributed by atoms with E-state index in [1.54, 1.807) is 6.92 Å². The highest BCUT2D eigenvalue weighted by molar-refractivity contribution is 6.04. The number of hydrogen-bond donors (Lipinski definition) is 2. The molecule has 17 heavy (non-hydrogen) atoms. The Morgan fingerprint density at radius 2 is 2.00 bits per heavy atom. The molecule has 1 fully saturated rings. The summed E-state index contributed by atoms with van der Waals surface area (Å²) in [5.74, 6) is 1.77. The molecule has 0 amide bonds. The van der Waals surface area contributed by atoms with Crippen LogP contribution in [0.1, 0.15) is 18.3 Å². The lowest BCUT2D eigenvalue weighted by Crippen LogP contribution is -2.38. The summed E-state index contributed by atoms with van der Waals surface area (Å²) >= 11 is 0. The van der Waals surface area contributed by atoms with Crippen LogP contribution in [0.4, 0.5) is 11.6 Å². The number of nitrogens with one attached hydrogen (secondary N) is 1. The van der Waals surface area contributed by atoms with Gasteiger partial charge in [-0.25, -0.2) is 9.97 Å². The first-order valence-electron chi connectivity index (χ1n) is 5.62. The number of aromatic nitrogens is 2. The molecule has 0 spiro atoms. The Labute approximate surface area is 100 Å². The number of morpholine rings is 1. The van der Waals surface area contributed by atoms with Crippen LogP contribution in [0.2, 0.25) is 0 Å². The molecule has 1 aromatic rings. The standard InChI is InChI=1S/C11H17N5O/c1-7(12)9-10(13)14-8(2)15-11(9)16-3-5-17-6-4-16/h12H,3-6H2,1-2H3,(H2,13,14,15). The summed E-state index contributed by atoms with van der Waals surface area (Å²) in [5.41, 5.74) is 6.91. The molecule has 0 atom stereocenters. The van der Waals surface area contributed by atoms with E-state index in [9.17, 15) is 0 Å². The lowest BCUT2D eigenvalue weighted by molar-refractivity contribution is 0.122. The summed E-state index contributed by atoms with van der Waals surface area (Å²) in [6.45, 7) is 6.42. The Balaban J connectivity index is 2.46. The first-order chi connectivity index (χ1) is 8.09. The van der Waals surface area contributed by atoms with Crippen LogP contribution in [0.25, 0.3) is 0 Å². The molecule has 2 rings (SSSR count). The minimum atomic E-state index is 0.381. The Kier molecular flexibility index (Phi) is 3.23. The van der Waals surface area contributed by atoms with Crippen molar-refractivity contribution < 1.29 is 4.74 Å². The second kappa shape index (κ2) is 4.67. The molecule has 0 radical (unpaired) electrons. The zero-order valence-electron chi connectivity index (χ0n) is 10.2. The van der Waals surface area contributed by atoms with Crippen molar-refractivity contribution in [3.8, 4) is 0 Å². The van der Waals surface area contributed by atoms with Gasteiger partial charge < -0.3 is 20.8 Å². The van der Waals surface area contributed by atoms with Crippen LogP contribution < -0.4 is 10.6 Å². The predicted octanol–water partition coefficient (Wildman–Crippen LogP) is 0.592. The van der Waals surface area contributed by atoms with Crippen LogP contribution in [0.15, 0.2) is 0 Å². The number of ether oxygens (including phenoxy) is 1. The van der Waals surface area contributed by atoms with Crippen molar-refractivity contribution in [3.63, 3.8) is 0 Å². The number of hydrogen-bond acceptors (Lipinski definition) is 6. The maximum absolute atomic E-state index is 7.79. The summed E-state index contributed by atoms with van der Waals surface area (Å²) < 4.78 is 5.31. The molecular weight excluding hydrogens is 218 g/mol. The number of anilines is 2. The highest BCUT2D eigenvalue weighted by atomic mass is 16.5. The van der Waals surface area contributed by atoms with Gasteiger partial charge in [-0.3, -0.25) is 0 Å². The number of rotatable bonds is 2. The van der Waals surface area contributed by atoms with Crippen molar-refractivity contribution in [1.29, 1.82) is 5.41 Å². The van der Waals surface area contributed by atoms with Crippen LogP contribution in [0.3, 0.4) is 0 Å². The predicted molar refractivity (Wildman–Crippen MR) is 66.7 cm³/mol. The van der Waals surface area contributed by atoms with Gasteiger partial charge in [-0.15, -0.1) is 0 Å². The fourth-order valence-corrected chi connectivity index (χ4v) is 1.94. The molecule has 0 aromatic carbocycles. The fourth-order valence-electron chi connectivity index (χ4n) is 1.94. The zero-order valence-corrected chi connectivity index (χ0v) is 10.2. The third-order valence-electron chi connectivity index (χ3n) is 2.72. The van der Waals surface area contributed by atoms with Gasteiger partial charge in [0.05, 0.1) is 18.8 Å². The molecule has 92 valence electrons. The molecule has 1 saturated heterocycles. The van der Waals surface area contributed by atoms with E-state index in [1.807, 2.05) is 6.92 Å². The first-order valence-corrected chi connectivity index (χ1v) is 5.62. The SMILES string of the molecule is CC(=N)c1c(N)nc(C)nc1N1CCOCC1. The van der Waals surface area contributed by atoms with Crippen molar-refractivity contribution in [2.75, 3.05) is 36.9 Å². The lowest BCUT2D eigenvalue weighted by Gasteiger charge is -2.29. The van der Waals surface area contributed by atoms with Gasteiger partial charge >= 0.3 is 0 Å². The Hall–Kier alpha value is -1.69. The molecule has 0 aliphatic carbocycles. The summed E-state index contributed by atoms with van der Waals surface area (Å²) in [7, 11) is 0. The largest absolute Gasteiger partial charge is 0.383 e. The Morgan fingerprint density at radius 3 is 2.59 bits per heavy atom. The Bertz CT molecular complexity index is 440. The van der Waals surface area contributed by atoms with Gasteiger partial charge in [-0.1, -0.05) is 0 Å². The topological polar surface area (TPSA) is 88.1 Å². The quantitative estimate of drug-likeness (QED) is 0.732. The summed E-state index contributed by atoms with van der Waals surface area (Å²) in [6, 6.07) is 0. The van der Waals surface area contributed by atoms with E-state index < -0.39 is 0 Å². The molecule has 0 saturated carbocycles. The van der Waals surface area contributed by atoms with Gasteiger partial charge in [-0.05, 0) is 13.8 Å². The van der Waals surface area contributed by atoms with Crippen LogP contribution >= 0.6 is 0 Å². The minimum absolute atomic E-state index is 0.381. The molecule has 6 nitrogen and oxygen atoms in total. The number of nitrogens with zero attached hydrogens (tertiary/aromatic N) is 3. The third kappa shape index (κ3) is 2.36. The maximum Gasteiger partial charge on any atom is 0.143 e. The highest BCUT2D eigenvalue weighted by Gasteiger charge is 2.20. The van der Waals surface area contributed by atoms with Crippen LogP contribution in [0, 0.1) is 12.3 Å². The minimum Gasteiger partial charge on any atom is -0.383 e. The van der Waals surface area contributed by atoms with Crippen molar-refractivity contribution in [2.45, 2.75) is 13.8 Å². The third-order valence-corrected chi connectivity index (χ3v) is 2.72. The summed E-state index contributed by atoms with van der Waals surface area (Å²) in [5, 5.41) is 7.79. The molecule has 1 aliphatic rings. The molecule has 0 unspecified atom stereocenters. The van der Waals surface area contributed by atoms with Crippen molar-refractivity contribution in [3.05, 3.63) is 11.4 Å². The van der Waals surface area contributed by atoms with Gasteiger partial charge in [-0.2, -0.15) is 0 Å². The van der Waals surface area contributed by atoms with E-state index in [1.165, 1.54) is 0 Å². The average Bonchev–Trinajstić information content (AvgIpc) is 2.28. The summed E-state index contributed by atoms with van der Waals surface area (Å²) in [4.78, 5) is 10.6. The molecule has 0 bridgehead atoms. The average molecular weight is 235 g/mol. The highest BCUT2D eigenvalue weighted by Crippen LogP contribution is 2.23. The van der Waals surface area contributed by atoms with Gasteiger partial charge in [0, 0.05) is 18.8 Å². The Morgan fingerprint density at radius 1 is 1.35 bits per heavy atom. The van der Waals surface area contributed by atoms with Crippen molar-refractivity contribution in [2.24, 2.45) is 0 Å². The normalized spacial score (nSPS) is 16.0. The molecule has 2 heterocycles.